The highest BCUT2D eigenvalue weighted by molar-refractivity contribution is 6.35. The van der Waals surface area contributed by atoms with Crippen LogP contribution in [0.15, 0.2) is 194 Å². The molecule has 0 N–H and O–H groups in total. The van der Waals surface area contributed by atoms with E-state index in [4.69, 9.17) is 0 Å². The number of rotatable bonds is 11. The van der Waals surface area contributed by atoms with Crippen molar-refractivity contribution in [1.29, 1.82) is 0 Å². The Morgan fingerprint density at radius 3 is 1.34 bits per heavy atom. The molecule has 0 saturated carbocycles. The van der Waals surface area contributed by atoms with Gasteiger partial charge in [-0.25, -0.2) is 4.90 Å². The Balaban J connectivity index is 0.927. The summed E-state index contributed by atoms with van der Waals surface area (Å²) in [6, 6.07) is 63.4. The largest absolute Gasteiger partial charge is 0.310 e. The average Bonchev–Trinajstić information content (AvgIpc) is 3.75. The zero-order valence-corrected chi connectivity index (χ0v) is 36.2. The Hall–Kier alpha value is -8.36. The second-order valence-corrected chi connectivity index (χ2v) is 16.5. The van der Waals surface area contributed by atoms with E-state index in [1.54, 1.807) is 42.5 Å². The van der Waals surface area contributed by atoms with Gasteiger partial charge in [-0.05, 0) is 151 Å². The summed E-state index contributed by atoms with van der Waals surface area (Å²) < 4.78 is 0. The summed E-state index contributed by atoms with van der Waals surface area (Å²) in [7, 11) is 0. The van der Waals surface area contributed by atoms with Gasteiger partial charge in [-0.3, -0.25) is 24.1 Å². The molecule has 4 amide bonds. The summed E-state index contributed by atoms with van der Waals surface area (Å²) >= 11 is 0. The highest BCUT2D eigenvalue weighted by atomic mass is 16.2. The number of nitrogens with zero attached hydrogens (tertiary/aromatic N) is 4. The second kappa shape index (κ2) is 16.7. The van der Waals surface area contributed by atoms with Crippen LogP contribution >= 0.6 is 0 Å². The van der Waals surface area contributed by atoms with Crippen LogP contribution in [0, 0.1) is 6.92 Å². The van der Waals surface area contributed by atoms with Crippen LogP contribution < -0.4 is 14.7 Å². The van der Waals surface area contributed by atoms with Crippen LogP contribution in [0.4, 0.5) is 39.8 Å². The van der Waals surface area contributed by atoms with Crippen LogP contribution in [0.1, 0.15) is 67.3 Å². The van der Waals surface area contributed by atoms with Crippen molar-refractivity contribution in [1.82, 2.24) is 4.90 Å². The van der Waals surface area contributed by atoms with Crippen molar-refractivity contribution in [3.05, 3.63) is 222 Å². The van der Waals surface area contributed by atoms with Crippen LogP contribution in [-0.2, 0) is 0 Å². The molecule has 0 aromatic heterocycles. The molecule has 8 aromatic rings. The van der Waals surface area contributed by atoms with Crippen LogP contribution in [0.25, 0.3) is 22.3 Å². The van der Waals surface area contributed by atoms with Gasteiger partial charge in [0, 0.05) is 40.2 Å². The van der Waals surface area contributed by atoms with E-state index in [-0.39, 0.29) is 23.4 Å². The number of carbonyl (C=O) groups excluding carboxylic acids is 4. The second-order valence-electron chi connectivity index (χ2n) is 16.5. The topological polar surface area (TPSA) is 81.2 Å². The van der Waals surface area contributed by atoms with E-state index in [0.717, 1.165) is 45.3 Å². The van der Waals surface area contributed by atoms with E-state index < -0.39 is 11.8 Å². The fourth-order valence-electron chi connectivity index (χ4n) is 8.87. The number of aryl methyl sites for hydroxylation is 1. The molecule has 0 spiro atoms. The van der Waals surface area contributed by atoms with Crippen molar-refractivity contribution in [3.63, 3.8) is 0 Å². The standard InChI is InChI=1S/C57H44N4O4/c1-4-38(3)58-54(62)50-31-25-41(34-52(50)56(58)64)42-26-32-51-53(35-42)57(65)61(55(51)63)49-20-12-19-48(36-49)60(44-16-9-6-10-17-44)46-29-23-40(24-30-46)39-21-27-45(28-22-39)59(43-14-7-5-8-15-43)47-18-11-13-37(2)33-47/h5-36,38H,4H2,1-3H3. The van der Waals surface area contributed by atoms with Gasteiger partial charge in [-0.2, -0.15) is 0 Å². The number of amides is 4. The summed E-state index contributed by atoms with van der Waals surface area (Å²) in [5.41, 5.74) is 12.2. The summed E-state index contributed by atoms with van der Waals surface area (Å²) in [6.45, 7) is 5.90. The Morgan fingerprint density at radius 1 is 0.400 bits per heavy atom. The van der Waals surface area contributed by atoms with Crippen molar-refractivity contribution in [2.45, 2.75) is 33.2 Å². The van der Waals surface area contributed by atoms with E-state index >= 15 is 0 Å². The van der Waals surface area contributed by atoms with Crippen LogP contribution in [0.2, 0.25) is 0 Å². The number of benzene rings is 8. The van der Waals surface area contributed by atoms with Gasteiger partial charge in [-0.15, -0.1) is 0 Å². The first kappa shape index (κ1) is 40.7. The fourth-order valence-corrected chi connectivity index (χ4v) is 8.87. The number of imide groups is 2. The first-order chi connectivity index (χ1) is 31.7. The van der Waals surface area contributed by atoms with Gasteiger partial charge in [-0.1, -0.05) is 97.9 Å². The van der Waals surface area contributed by atoms with E-state index in [1.807, 2.05) is 68.4 Å². The van der Waals surface area contributed by atoms with Gasteiger partial charge >= 0.3 is 0 Å². The number of hydrogen-bond donors (Lipinski definition) is 0. The lowest BCUT2D eigenvalue weighted by Crippen LogP contribution is -2.37. The maximum Gasteiger partial charge on any atom is 0.266 e. The van der Waals surface area contributed by atoms with Gasteiger partial charge in [0.15, 0.2) is 0 Å². The molecular weight excluding hydrogens is 805 g/mol. The average molecular weight is 849 g/mol. The zero-order chi connectivity index (χ0) is 44.8. The van der Waals surface area contributed by atoms with Crippen LogP contribution in [0.3, 0.4) is 0 Å². The molecule has 1 unspecified atom stereocenters. The summed E-state index contributed by atoms with van der Waals surface area (Å²) in [5.74, 6) is -1.48. The highest BCUT2D eigenvalue weighted by Gasteiger charge is 2.39. The molecule has 0 saturated heterocycles. The van der Waals surface area contributed by atoms with E-state index in [0.29, 0.717) is 39.9 Å². The summed E-state index contributed by atoms with van der Waals surface area (Å²) in [4.78, 5) is 61.5. The van der Waals surface area contributed by atoms with E-state index in [2.05, 4.69) is 114 Å². The molecule has 8 nitrogen and oxygen atoms in total. The van der Waals surface area contributed by atoms with Crippen molar-refractivity contribution < 1.29 is 19.2 Å². The van der Waals surface area contributed by atoms with E-state index in [1.165, 1.54) is 15.4 Å². The lowest BCUT2D eigenvalue weighted by molar-refractivity contribution is 0.0592. The molecule has 0 fully saturated rings. The minimum atomic E-state index is -0.438. The molecule has 2 aliphatic rings. The molecule has 65 heavy (non-hydrogen) atoms. The van der Waals surface area contributed by atoms with Crippen LogP contribution in [0.5, 0.6) is 0 Å². The summed E-state index contributed by atoms with van der Waals surface area (Å²) in [6.07, 6.45) is 0.650. The first-order valence-electron chi connectivity index (χ1n) is 21.8. The normalized spacial score (nSPS) is 13.5. The maximum atomic E-state index is 14.2. The number of fused-ring (bicyclic) bond motifs is 2. The Kier molecular flexibility index (Phi) is 10.5. The minimum absolute atomic E-state index is 0.225. The Bertz CT molecular complexity index is 3150. The van der Waals surface area contributed by atoms with Crippen molar-refractivity contribution in [2.75, 3.05) is 14.7 Å². The van der Waals surface area contributed by atoms with Gasteiger partial charge in [0.05, 0.1) is 27.9 Å². The maximum absolute atomic E-state index is 14.2. The fraction of sp³-hybridized carbons (Fsp3) is 0.0877. The molecule has 0 radical (unpaired) electrons. The minimum Gasteiger partial charge on any atom is -0.310 e. The van der Waals surface area contributed by atoms with Gasteiger partial charge in [0.1, 0.15) is 0 Å². The third kappa shape index (κ3) is 7.34. The monoisotopic (exact) mass is 848 g/mol. The quantitative estimate of drug-likeness (QED) is 0.121. The van der Waals surface area contributed by atoms with Crippen LogP contribution in [-0.4, -0.2) is 34.6 Å². The Labute approximate surface area is 378 Å². The lowest BCUT2D eigenvalue weighted by Gasteiger charge is -2.27. The molecule has 10 rings (SSSR count). The summed E-state index contributed by atoms with van der Waals surface area (Å²) in [5, 5.41) is 0. The SMILES string of the molecule is CCC(C)N1C(=O)c2ccc(-c3ccc4c(c3)C(=O)N(c3cccc(N(c5ccccc5)c5ccc(-c6ccc(N(c7ccccc7)c7cccc(C)c7)cc6)cc5)c3)C4=O)cc2C1=O. The molecule has 316 valence electrons. The van der Waals surface area contributed by atoms with Gasteiger partial charge in [0.25, 0.3) is 23.6 Å². The Morgan fingerprint density at radius 2 is 0.815 bits per heavy atom. The first-order valence-corrected chi connectivity index (χ1v) is 21.8. The number of para-hydroxylation sites is 2. The van der Waals surface area contributed by atoms with E-state index in [9.17, 15) is 19.2 Å². The highest BCUT2D eigenvalue weighted by Crippen LogP contribution is 2.41. The predicted molar refractivity (Wildman–Crippen MR) is 259 cm³/mol. The van der Waals surface area contributed by atoms with Crippen molar-refractivity contribution in [3.8, 4) is 22.3 Å². The third-order valence-electron chi connectivity index (χ3n) is 12.4. The number of anilines is 7. The molecule has 8 aromatic carbocycles. The molecule has 2 heterocycles. The molecule has 1 atom stereocenters. The lowest BCUT2D eigenvalue weighted by atomic mass is 9.97. The molecule has 0 bridgehead atoms. The number of hydrogen-bond acceptors (Lipinski definition) is 6. The third-order valence-corrected chi connectivity index (χ3v) is 12.4. The molecule has 2 aliphatic heterocycles. The molecular formula is C57H44N4O4. The van der Waals surface area contributed by atoms with Crippen molar-refractivity contribution >= 4 is 63.4 Å². The van der Waals surface area contributed by atoms with Gasteiger partial charge < -0.3 is 9.80 Å². The molecule has 8 heteroatoms. The smallest absolute Gasteiger partial charge is 0.266 e. The number of carbonyl (C=O) groups is 4. The molecule has 0 aliphatic carbocycles. The zero-order valence-electron chi connectivity index (χ0n) is 36.2. The van der Waals surface area contributed by atoms with Crippen molar-refractivity contribution in [2.24, 2.45) is 0 Å². The van der Waals surface area contributed by atoms with Gasteiger partial charge in [0.2, 0.25) is 0 Å². The predicted octanol–water partition coefficient (Wildman–Crippen LogP) is 13.5.